The summed E-state index contributed by atoms with van der Waals surface area (Å²) in [5.41, 5.74) is 7.37. The van der Waals surface area contributed by atoms with Crippen LogP contribution in [0.25, 0.3) is 0 Å². The highest BCUT2D eigenvalue weighted by Gasteiger charge is 2.00. The molecule has 0 aliphatic heterocycles. The summed E-state index contributed by atoms with van der Waals surface area (Å²) in [6.07, 6.45) is 3.03. The van der Waals surface area contributed by atoms with Crippen LogP contribution in [0.15, 0.2) is 36.8 Å². The first-order valence-electron chi connectivity index (χ1n) is 5.22. The molecule has 0 unspecified atom stereocenters. The summed E-state index contributed by atoms with van der Waals surface area (Å²) < 4.78 is 5.15. The summed E-state index contributed by atoms with van der Waals surface area (Å²) in [5.74, 6) is 1.47. The third-order valence-corrected chi connectivity index (χ3v) is 2.33. The third-order valence-electron chi connectivity index (χ3n) is 2.33. The van der Waals surface area contributed by atoms with Gasteiger partial charge in [0.05, 0.1) is 19.0 Å². The lowest BCUT2D eigenvalue weighted by atomic mass is 10.2. The number of nitrogens with one attached hydrogen (secondary N) is 1. The van der Waals surface area contributed by atoms with Crippen LogP contribution in [0.5, 0.6) is 5.75 Å². The number of ether oxygens (including phenoxy) is 1. The van der Waals surface area contributed by atoms with Crippen LogP contribution in [0.1, 0.15) is 5.56 Å². The third kappa shape index (κ3) is 2.84. The van der Waals surface area contributed by atoms with Crippen LogP contribution in [-0.4, -0.2) is 17.1 Å². The minimum atomic E-state index is 0.537. The molecule has 0 fully saturated rings. The molecule has 0 saturated carbocycles. The number of rotatable bonds is 4. The summed E-state index contributed by atoms with van der Waals surface area (Å²) in [4.78, 5) is 7.89. The molecule has 0 bridgehead atoms. The zero-order valence-corrected chi connectivity index (χ0v) is 9.55. The molecule has 5 heteroatoms. The molecule has 5 nitrogen and oxygen atoms in total. The maximum atomic E-state index is 5.73. The van der Waals surface area contributed by atoms with E-state index in [9.17, 15) is 0 Å². The monoisotopic (exact) mass is 230 g/mol. The van der Waals surface area contributed by atoms with Crippen molar-refractivity contribution < 1.29 is 4.74 Å². The zero-order valence-electron chi connectivity index (χ0n) is 9.55. The standard InChI is InChI=1S/C12H14N4O/c1-17-10-4-2-3-9(5-10)6-15-12-11(13)7-14-8-16-12/h2-5,7-8H,6,13H2,1H3,(H,14,15,16). The van der Waals surface area contributed by atoms with Gasteiger partial charge in [-0.15, -0.1) is 0 Å². The van der Waals surface area contributed by atoms with Gasteiger partial charge >= 0.3 is 0 Å². The molecule has 3 N–H and O–H groups in total. The summed E-state index contributed by atoms with van der Waals surface area (Å²) in [7, 11) is 1.65. The Morgan fingerprint density at radius 3 is 3.06 bits per heavy atom. The van der Waals surface area contributed by atoms with E-state index in [1.807, 2.05) is 24.3 Å². The fourth-order valence-electron chi connectivity index (χ4n) is 1.46. The molecule has 0 spiro atoms. The first-order valence-corrected chi connectivity index (χ1v) is 5.22. The number of hydrogen-bond acceptors (Lipinski definition) is 5. The summed E-state index contributed by atoms with van der Waals surface area (Å²) >= 11 is 0. The van der Waals surface area contributed by atoms with Crippen LogP contribution in [0.3, 0.4) is 0 Å². The van der Waals surface area contributed by atoms with Gasteiger partial charge in [-0.3, -0.25) is 0 Å². The van der Waals surface area contributed by atoms with Gasteiger partial charge in [0.2, 0.25) is 0 Å². The highest BCUT2D eigenvalue weighted by molar-refractivity contribution is 5.59. The van der Waals surface area contributed by atoms with E-state index < -0.39 is 0 Å². The van der Waals surface area contributed by atoms with Gasteiger partial charge in [-0.1, -0.05) is 12.1 Å². The molecule has 1 heterocycles. The largest absolute Gasteiger partial charge is 0.497 e. The Kier molecular flexibility index (Phi) is 3.40. The molecular formula is C12H14N4O. The number of hydrogen-bond donors (Lipinski definition) is 2. The van der Waals surface area contributed by atoms with Crippen LogP contribution in [0.4, 0.5) is 11.5 Å². The predicted octanol–water partition coefficient (Wildman–Crippen LogP) is 1.68. The van der Waals surface area contributed by atoms with E-state index in [1.54, 1.807) is 13.3 Å². The molecule has 0 radical (unpaired) electrons. The summed E-state index contributed by atoms with van der Waals surface area (Å²) in [5, 5.41) is 3.15. The number of nitrogens with zero attached hydrogens (tertiary/aromatic N) is 2. The van der Waals surface area contributed by atoms with E-state index in [4.69, 9.17) is 10.5 Å². The van der Waals surface area contributed by atoms with E-state index in [1.165, 1.54) is 6.33 Å². The van der Waals surface area contributed by atoms with Crippen LogP contribution in [-0.2, 0) is 6.54 Å². The van der Waals surface area contributed by atoms with Gasteiger partial charge in [-0.05, 0) is 17.7 Å². The summed E-state index contributed by atoms with van der Waals surface area (Å²) in [6, 6.07) is 7.82. The van der Waals surface area contributed by atoms with Gasteiger partial charge in [-0.2, -0.15) is 0 Å². The van der Waals surface area contributed by atoms with E-state index in [-0.39, 0.29) is 0 Å². The van der Waals surface area contributed by atoms with Gasteiger partial charge in [0, 0.05) is 6.54 Å². The van der Waals surface area contributed by atoms with Crippen molar-refractivity contribution in [3.8, 4) is 5.75 Å². The number of nitrogen functional groups attached to an aromatic ring is 1. The average Bonchev–Trinajstić information content (AvgIpc) is 2.38. The van der Waals surface area contributed by atoms with E-state index in [0.717, 1.165) is 11.3 Å². The second kappa shape index (κ2) is 5.16. The molecule has 2 rings (SSSR count). The van der Waals surface area contributed by atoms with Crippen LogP contribution >= 0.6 is 0 Å². The van der Waals surface area contributed by atoms with E-state index >= 15 is 0 Å². The Morgan fingerprint density at radius 1 is 1.41 bits per heavy atom. The molecule has 0 saturated heterocycles. The number of nitrogens with two attached hydrogens (primary N) is 1. The molecule has 88 valence electrons. The lowest BCUT2D eigenvalue weighted by molar-refractivity contribution is 0.414. The van der Waals surface area contributed by atoms with Gasteiger partial charge in [0.15, 0.2) is 5.82 Å². The van der Waals surface area contributed by atoms with Gasteiger partial charge in [-0.25, -0.2) is 9.97 Å². The Bertz CT molecular complexity index is 501. The van der Waals surface area contributed by atoms with E-state index in [0.29, 0.717) is 18.1 Å². The van der Waals surface area contributed by atoms with Crippen molar-refractivity contribution in [1.82, 2.24) is 9.97 Å². The lowest BCUT2D eigenvalue weighted by Crippen LogP contribution is -2.04. The molecule has 0 amide bonds. The maximum absolute atomic E-state index is 5.73. The predicted molar refractivity (Wildman–Crippen MR) is 66.8 cm³/mol. The Morgan fingerprint density at radius 2 is 2.29 bits per heavy atom. The van der Waals surface area contributed by atoms with Crippen molar-refractivity contribution in [3.63, 3.8) is 0 Å². The number of methoxy groups -OCH3 is 1. The Labute approximate surface area is 99.7 Å². The lowest BCUT2D eigenvalue weighted by Gasteiger charge is -2.08. The fourth-order valence-corrected chi connectivity index (χ4v) is 1.46. The molecule has 1 aromatic heterocycles. The molecule has 17 heavy (non-hydrogen) atoms. The van der Waals surface area contributed by atoms with Crippen molar-refractivity contribution >= 4 is 11.5 Å². The van der Waals surface area contributed by atoms with Crippen molar-refractivity contribution in [2.45, 2.75) is 6.54 Å². The second-order valence-electron chi connectivity index (χ2n) is 3.53. The van der Waals surface area contributed by atoms with Crippen molar-refractivity contribution in [2.24, 2.45) is 0 Å². The second-order valence-corrected chi connectivity index (χ2v) is 3.53. The molecule has 0 atom stereocenters. The van der Waals surface area contributed by atoms with Crippen LogP contribution in [0, 0.1) is 0 Å². The molecule has 0 aliphatic carbocycles. The quantitative estimate of drug-likeness (QED) is 0.836. The number of anilines is 2. The average molecular weight is 230 g/mol. The minimum absolute atomic E-state index is 0.537. The van der Waals surface area contributed by atoms with E-state index in [2.05, 4.69) is 15.3 Å². The number of benzene rings is 1. The van der Waals surface area contributed by atoms with Crippen LogP contribution in [0.2, 0.25) is 0 Å². The number of aromatic nitrogens is 2. The fraction of sp³-hybridized carbons (Fsp3) is 0.167. The van der Waals surface area contributed by atoms with Gasteiger partial charge < -0.3 is 15.8 Å². The Hall–Kier alpha value is -2.30. The minimum Gasteiger partial charge on any atom is -0.497 e. The normalized spacial score (nSPS) is 9.94. The smallest absolute Gasteiger partial charge is 0.152 e. The summed E-state index contributed by atoms with van der Waals surface area (Å²) in [6.45, 7) is 0.637. The zero-order chi connectivity index (χ0) is 12.1. The first-order chi connectivity index (χ1) is 8.29. The molecule has 2 aromatic rings. The van der Waals surface area contributed by atoms with Gasteiger partial charge in [0.25, 0.3) is 0 Å². The topological polar surface area (TPSA) is 73.1 Å². The van der Waals surface area contributed by atoms with Crippen molar-refractivity contribution in [1.29, 1.82) is 0 Å². The molecule has 1 aromatic carbocycles. The Balaban J connectivity index is 2.05. The maximum Gasteiger partial charge on any atom is 0.152 e. The van der Waals surface area contributed by atoms with Crippen molar-refractivity contribution in [3.05, 3.63) is 42.4 Å². The first kappa shape index (κ1) is 11.2. The molecule has 0 aliphatic rings. The van der Waals surface area contributed by atoms with Crippen molar-refractivity contribution in [2.75, 3.05) is 18.2 Å². The highest BCUT2D eigenvalue weighted by atomic mass is 16.5. The SMILES string of the molecule is COc1cccc(CNc2ncncc2N)c1. The highest BCUT2D eigenvalue weighted by Crippen LogP contribution is 2.16. The van der Waals surface area contributed by atoms with Crippen LogP contribution < -0.4 is 15.8 Å². The molecular weight excluding hydrogens is 216 g/mol. The van der Waals surface area contributed by atoms with Gasteiger partial charge in [0.1, 0.15) is 12.1 Å².